The lowest BCUT2D eigenvalue weighted by Gasteiger charge is -2.07. The van der Waals surface area contributed by atoms with Gasteiger partial charge < -0.3 is 10.1 Å². The van der Waals surface area contributed by atoms with Crippen molar-refractivity contribution < 1.29 is 14.3 Å². The van der Waals surface area contributed by atoms with E-state index in [1.54, 1.807) is 19.1 Å². The van der Waals surface area contributed by atoms with E-state index in [-0.39, 0.29) is 11.9 Å². The molecule has 0 radical (unpaired) electrons. The molecule has 2 aromatic rings. The van der Waals surface area contributed by atoms with E-state index in [1.807, 2.05) is 36.7 Å². The van der Waals surface area contributed by atoms with Crippen LogP contribution in [0.5, 0.6) is 0 Å². The fourth-order valence-electron chi connectivity index (χ4n) is 2.41. The maximum Gasteiger partial charge on any atom is 0.305 e. The van der Waals surface area contributed by atoms with Crippen LogP contribution < -0.4 is 5.32 Å². The zero-order valence-electron chi connectivity index (χ0n) is 14.3. The third-order valence-corrected chi connectivity index (χ3v) is 3.53. The normalized spacial score (nSPS) is 10.5. The number of rotatable bonds is 7. The molecule has 1 heterocycles. The van der Waals surface area contributed by atoms with Crippen LogP contribution in [0.4, 0.5) is 0 Å². The third-order valence-electron chi connectivity index (χ3n) is 3.53. The van der Waals surface area contributed by atoms with Crippen LogP contribution in [0.15, 0.2) is 30.3 Å². The second-order valence-corrected chi connectivity index (χ2v) is 5.55. The monoisotopic (exact) mass is 329 g/mol. The molecule has 0 fully saturated rings. The molecule has 1 aromatic heterocycles. The minimum absolute atomic E-state index is 0.154. The SMILES string of the molecule is CCOC(=O)CCCNC(=O)c1ccc(-n2nc(C)cc2C)cc1. The van der Waals surface area contributed by atoms with Crippen LogP contribution in [0.3, 0.4) is 0 Å². The molecule has 0 aliphatic rings. The van der Waals surface area contributed by atoms with E-state index in [0.717, 1.165) is 17.1 Å². The van der Waals surface area contributed by atoms with Gasteiger partial charge in [-0.3, -0.25) is 9.59 Å². The number of aromatic nitrogens is 2. The lowest BCUT2D eigenvalue weighted by Crippen LogP contribution is -2.25. The number of amides is 1. The molecule has 0 saturated heterocycles. The summed E-state index contributed by atoms with van der Waals surface area (Å²) in [5.41, 5.74) is 3.50. The van der Waals surface area contributed by atoms with Crippen LogP contribution in [0.1, 0.15) is 41.5 Å². The lowest BCUT2D eigenvalue weighted by molar-refractivity contribution is -0.143. The van der Waals surface area contributed by atoms with Gasteiger partial charge in [0.1, 0.15) is 0 Å². The molecule has 0 unspecified atom stereocenters. The Balaban J connectivity index is 1.87. The molecule has 128 valence electrons. The van der Waals surface area contributed by atoms with Crippen LogP contribution in [-0.4, -0.2) is 34.8 Å². The van der Waals surface area contributed by atoms with Crippen LogP contribution in [0, 0.1) is 13.8 Å². The highest BCUT2D eigenvalue weighted by molar-refractivity contribution is 5.94. The number of ether oxygens (including phenoxy) is 1. The summed E-state index contributed by atoms with van der Waals surface area (Å²) >= 11 is 0. The summed E-state index contributed by atoms with van der Waals surface area (Å²) in [6, 6.07) is 9.28. The summed E-state index contributed by atoms with van der Waals surface area (Å²) in [6.07, 6.45) is 0.874. The van der Waals surface area contributed by atoms with Crippen LogP contribution in [0.2, 0.25) is 0 Å². The second-order valence-electron chi connectivity index (χ2n) is 5.55. The maximum atomic E-state index is 12.1. The summed E-state index contributed by atoms with van der Waals surface area (Å²) in [5, 5.41) is 7.22. The number of aryl methyl sites for hydroxylation is 2. The van der Waals surface area contributed by atoms with Crippen molar-refractivity contribution in [2.75, 3.05) is 13.2 Å². The summed E-state index contributed by atoms with van der Waals surface area (Å²) in [5.74, 6) is -0.389. The maximum absolute atomic E-state index is 12.1. The van der Waals surface area contributed by atoms with Gasteiger partial charge in [0.25, 0.3) is 5.91 Å². The van der Waals surface area contributed by atoms with E-state index in [0.29, 0.717) is 31.6 Å². The van der Waals surface area contributed by atoms with Crippen molar-refractivity contribution in [2.24, 2.45) is 0 Å². The average Bonchev–Trinajstić information content (AvgIpc) is 2.90. The predicted molar refractivity (Wildman–Crippen MR) is 91.2 cm³/mol. The largest absolute Gasteiger partial charge is 0.466 e. The van der Waals surface area contributed by atoms with E-state index in [2.05, 4.69) is 10.4 Å². The molecule has 6 nitrogen and oxygen atoms in total. The minimum Gasteiger partial charge on any atom is -0.466 e. The summed E-state index contributed by atoms with van der Waals surface area (Å²) in [6.45, 7) is 6.53. The number of nitrogens with zero attached hydrogens (tertiary/aromatic N) is 2. The highest BCUT2D eigenvalue weighted by Crippen LogP contribution is 2.13. The minimum atomic E-state index is -0.235. The molecule has 1 aromatic carbocycles. The highest BCUT2D eigenvalue weighted by atomic mass is 16.5. The molecule has 0 atom stereocenters. The van der Waals surface area contributed by atoms with Crippen LogP contribution in [0.25, 0.3) is 5.69 Å². The molecule has 0 aliphatic heterocycles. The Morgan fingerprint density at radius 1 is 1.21 bits per heavy atom. The van der Waals surface area contributed by atoms with E-state index in [1.165, 1.54) is 0 Å². The Morgan fingerprint density at radius 2 is 1.92 bits per heavy atom. The zero-order chi connectivity index (χ0) is 17.5. The van der Waals surface area contributed by atoms with Gasteiger partial charge in [0.2, 0.25) is 0 Å². The molecule has 0 spiro atoms. The zero-order valence-corrected chi connectivity index (χ0v) is 14.3. The summed E-state index contributed by atoms with van der Waals surface area (Å²) in [7, 11) is 0. The highest BCUT2D eigenvalue weighted by Gasteiger charge is 2.08. The number of carbonyl (C=O) groups is 2. The van der Waals surface area contributed by atoms with E-state index < -0.39 is 0 Å². The molecule has 0 aliphatic carbocycles. The summed E-state index contributed by atoms with van der Waals surface area (Å²) < 4.78 is 6.68. The quantitative estimate of drug-likeness (QED) is 0.626. The van der Waals surface area contributed by atoms with Crippen molar-refractivity contribution in [2.45, 2.75) is 33.6 Å². The number of carbonyl (C=O) groups excluding carboxylic acids is 2. The average molecular weight is 329 g/mol. The Bertz CT molecular complexity index is 705. The predicted octanol–water partition coefficient (Wildman–Crippen LogP) is 2.56. The van der Waals surface area contributed by atoms with Crippen LogP contribution in [-0.2, 0) is 9.53 Å². The number of benzene rings is 1. The summed E-state index contributed by atoms with van der Waals surface area (Å²) in [4.78, 5) is 23.3. The Labute approximate surface area is 141 Å². The van der Waals surface area contributed by atoms with Crippen molar-refractivity contribution in [1.29, 1.82) is 0 Å². The van der Waals surface area contributed by atoms with Gasteiger partial charge >= 0.3 is 5.97 Å². The molecule has 24 heavy (non-hydrogen) atoms. The van der Waals surface area contributed by atoms with E-state index >= 15 is 0 Å². The van der Waals surface area contributed by atoms with Crippen molar-refractivity contribution in [3.63, 3.8) is 0 Å². The van der Waals surface area contributed by atoms with Gasteiger partial charge in [-0.15, -0.1) is 0 Å². The lowest BCUT2D eigenvalue weighted by atomic mass is 10.2. The van der Waals surface area contributed by atoms with Crippen LogP contribution >= 0.6 is 0 Å². The first-order chi connectivity index (χ1) is 11.5. The molecule has 1 N–H and O–H groups in total. The fourth-order valence-corrected chi connectivity index (χ4v) is 2.41. The molecule has 0 bridgehead atoms. The Kier molecular flexibility index (Phi) is 6.12. The third kappa shape index (κ3) is 4.68. The van der Waals surface area contributed by atoms with E-state index in [4.69, 9.17) is 4.74 Å². The smallest absolute Gasteiger partial charge is 0.305 e. The van der Waals surface area contributed by atoms with Gasteiger partial charge in [0.15, 0.2) is 0 Å². The molecule has 2 rings (SSSR count). The van der Waals surface area contributed by atoms with Crippen molar-refractivity contribution >= 4 is 11.9 Å². The fraction of sp³-hybridized carbons (Fsp3) is 0.389. The standard InChI is InChI=1S/C18H23N3O3/c1-4-24-17(22)6-5-11-19-18(23)15-7-9-16(10-8-15)21-14(3)12-13(2)20-21/h7-10,12H,4-6,11H2,1-3H3,(H,19,23). The van der Waals surface area contributed by atoms with Gasteiger partial charge in [-0.1, -0.05) is 0 Å². The first-order valence-corrected chi connectivity index (χ1v) is 8.08. The Hall–Kier alpha value is -2.63. The number of esters is 1. The van der Waals surface area contributed by atoms with Gasteiger partial charge in [-0.05, 0) is 57.5 Å². The first kappa shape index (κ1) is 17.7. The van der Waals surface area contributed by atoms with Gasteiger partial charge in [-0.25, -0.2) is 4.68 Å². The number of hydrogen-bond donors (Lipinski definition) is 1. The first-order valence-electron chi connectivity index (χ1n) is 8.08. The molecular weight excluding hydrogens is 306 g/mol. The Morgan fingerprint density at radius 3 is 2.50 bits per heavy atom. The molecule has 1 amide bonds. The van der Waals surface area contributed by atoms with Gasteiger partial charge in [-0.2, -0.15) is 5.10 Å². The second kappa shape index (κ2) is 8.29. The molecule has 6 heteroatoms. The van der Waals surface area contributed by atoms with Gasteiger partial charge in [0.05, 0.1) is 18.0 Å². The van der Waals surface area contributed by atoms with E-state index in [9.17, 15) is 9.59 Å². The van der Waals surface area contributed by atoms with Crippen molar-refractivity contribution in [1.82, 2.24) is 15.1 Å². The number of hydrogen-bond acceptors (Lipinski definition) is 4. The van der Waals surface area contributed by atoms with Crippen molar-refractivity contribution in [3.8, 4) is 5.69 Å². The van der Waals surface area contributed by atoms with Gasteiger partial charge in [0, 0.05) is 24.2 Å². The molecule has 0 saturated carbocycles. The molecular formula is C18H23N3O3. The number of nitrogens with one attached hydrogen (secondary N) is 1. The van der Waals surface area contributed by atoms with Crippen molar-refractivity contribution in [3.05, 3.63) is 47.3 Å². The topological polar surface area (TPSA) is 73.2 Å².